The third-order valence-corrected chi connectivity index (χ3v) is 3.13. The molecule has 0 aromatic rings. The van der Waals surface area contributed by atoms with Crippen LogP contribution in [0.25, 0.3) is 0 Å². The first-order chi connectivity index (χ1) is 7.24. The lowest BCUT2D eigenvalue weighted by Gasteiger charge is -2.16. The summed E-state index contributed by atoms with van der Waals surface area (Å²) in [7, 11) is 0. The molecule has 0 aromatic heterocycles. The quantitative estimate of drug-likeness (QED) is 0.703. The van der Waals surface area contributed by atoms with Crippen molar-refractivity contribution in [2.24, 2.45) is 5.92 Å². The number of nitrogens with one attached hydrogen (secondary N) is 2. The third-order valence-electron chi connectivity index (χ3n) is 3.13. The van der Waals surface area contributed by atoms with Gasteiger partial charge in [0.25, 0.3) is 0 Å². The van der Waals surface area contributed by atoms with Crippen LogP contribution in [0.1, 0.15) is 46.0 Å². The highest BCUT2D eigenvalue weighted by atomic mass is 16.2. The Kier molecular flexibility index (Phi) is 5.69. The third kappa shape index (κ3) is 4.65. The van der Waals surface area contributed by atoms with Crippen LogP contribution in [0.5, 0.6) is 0 Å². The van der Waals surface area contributed by atoms with Gasteiger partial charge in [0.2, 0.25) is 5.91 Å². The molecule has 0 aromatic carbocycles. The first-order valence-electron chi connectivity index (χ1n) is 6.25. The second-order valence-corrected chi connectivity index (χ2v) is 4.57. The van der Waals surface area contributed by atoms with E-state index in [-0.39, 0.29) is 11.9 Å². The Morgan fingerprint density at radius 3 is 2.67 bits per heavy atom. The Labute approximate surface area is 93.0 Å². The molecular formula is C12H24N2O. The fourth-order valence-corrected chi connectivity index (χ4v) is 2.05. The molecule has 1 amide bonds. The van der Waals surface area contributed by atoms with Gasteiger partial charge in [0, 0.05) is 6.54 Å². The highest BCUT2D eigenvalue weighted by Crippen LogP contribution is 2.23. The summed E-state index contributed by atoms with van der Waals surface area (Å²) in [6.45, 7) is 5.80. The summed E-state index contributed by atoms with van der Waals surface area (Å²) >= 11 is 0. The zero-order valence-corrected chi connectivity index (χ0v) is 10.0. The van der Waals surface area contributed by atoms with Gasteiger partial charge in [0.15, 0.2) is 0 Å². The predicted molar refractivity (Wildman–Crippen MR) is 62.7 cm³/mol. The number of hydrogen-bond donors (Lipinski definition) is 2. The molecule has 3 heteroatoms. The van der Waals surface area contributed by atoms with Crippen molar-refractivity contribution in [3.63, 3.8) is 0 Å². The first kappa shape index (κ1) is 12.5. The SMILES string of the molecule is CCCNC(=O)C(C)NCC1CCCC1. The smallest absolute Gasteiger partial charge is 0.236 e. The number of amides is 1. The minimum atomic E-state index is -0.0443. The molecule has 0 heterocycles. The molecule has 3 nitrogen and oxygen atoms in total. The predicted octanol–water partition coefficient (Wildman–Crippen LogP) is 1.68. The fraction of sp³-hybridized carbons (Fsp3) is 0.917. The van der Waals surface area contributed by atoms with Crippen LogP contribution in [-0.2, 0) is 4.79 Å². The normalized spacial score (nSPS) is 19.1. The maximum atomic E-state index is 11.5. The largest absolute Gasteiger partial charge is 0.355 e. The van der Waals surface area contributed by atoms with E-state index in [1.165, 1.54) is 25.7 Å². The molecule has 0 spiro atoms. The first-order valence-corrected chi connectivity index (χ1v) is 6.25. The Morgan fingerprint density at radius 2 is 2.07 bits per heavy atom. The zero-order valence-electron chi connectivity index (χ0n) is 10.0. The van der Waals surface area contributed by atoms with Gasteiger partial charge < -0.3 is 10.6 Å². The van der Waals surface area contributed by atoms with Crippen molar-refractivity contribution in [3.05, 3.63) is 0 Å². The number of hydrogen-bond acceptors (Lipinski definition) is 2. The molecular weight excluding hydrogens is 188 g/mol. The lowest BCUT2D eigenvalue weighted by Crippen LogP contribution is -2.43. The van der Waals surface area contributed by atoms with E-state index in [4.69, 9.17) is 0 Å². The number of rotatable bonds is 6. The van der Waals surface area contributed by atoms with Gasteiger partial charge in [-0.1, -0.05) is 19.8 Å². The van der Waals surface area contributed by atoms with Gasteiger partial charge in [0.05, 0.1) is 6.04 Å². The summed E-state index contributed by atoms with van der Waals surface area (Å²) in [5, 5.41) is 6.23. The standard InChI is InChI=1S/C12H24N2O/c1-3-8-13-12(15)10(2)14-9-11-6-4-5-7-11/h10-11,14H,3-9H2,1-2H3,(H,13,15). The van der Waals surface area contributed by atoms with Crippen LogP contribution >= 0.6 is 0 Å². The van der Waals surface area contributed by atoms with Crippen LogP contribution in [0, 0.1) is 5.92 Å². The summed E-state index contributed by atoms with van der Waals surface area (Å²) < 4.78 is 0. The van der Waals surface area contributed by atoms with E-state index in [2.05, 4.69) is 17.6 Å². The molecule has 1 saturated carbocycles. The van der Waals surface area contributed by atoms with Crippen LogP contribution in [0.4, 0.5) is 0 Å². The van der Waals surface area contributed by atoms with Crippen LogP contribution in [-0.4, -0.2) is 25.0 Å². The van der Waals surface area contributed by atoms with Gasteiger partial charge in [0.1, 0.15) is 0 Å². The molecule has 15 heavy (non-hydrogen) atoms. The second-order valence-electron chi connectivity index (χ2n) is 4.57. The lowest BCUT2D eigenvalue weighted by molar-refractivity contribution is -0.122. The molecule has 2 N–H and O–H groups in total. The molecule has 0 radical (unpaired) electrons. The molecule has 1 unspecified atom stereocenters. The van der Waals surface area contributed by atoms with Crippen molar-refractivity contribution in [1.82, 2.24) is 10.6 Å². The Bertz CT molecular complexity index is 188. The van der Waals surface area contributed by atoms with Crippen molar-refractivity contribution in [3.8, 4) is 0 Å². The highest BCUT2D eigenvalue weighted by molar-refractivity contribution is 5.81. The van der Waals surface area contributed by atoms with E-state index in [1.54, 1.807) is 0 Å². The molecule has 0 saturated heterocycles. The van der Waals surface area contributed by atoms with Crippen LogP contribution in [0.3, 0.4) is 0 Å². The fourth-order valence-electron chi connectivity index (χ4n) is 2.05. The minimum Gasteiger partial charge on any atom is -0.355 e. The molecule has 1 aliphatic carbocycles. The van der Waals surface area contributed by atoms with Crippen LogP contribution in [0.15, 0.2) is 0 Å². The van der Waals surface area contributed by atoms with E-state index in [0.29, 0.717) is 0 Å². The Hall–Kier alpha value is -0.570. The highest BCUT2D eigenvalue weighted by Gasteiger charge is 2.17. The molecule has 1 aliphatic rings. The summed E-state index contributed by atoms with van der Waals surface area (Å²) in [6, 6.07) is -0.0443. The van der Waals surface area contributed by atoms with Crippen molar-refractivity contribution in [2.45, 2.75) is 52.0 Å². The minimum absolute atomic E-state index is 0.0443. The van der Waals surface area contributed by atoms with Crippen molar-refractivity contribution >= 4 is 5.91 Å². The van der Waals surface area contributed by atoms with E-state index >= 15 is 0 Å². The summed E-state index contributed by atoms with van der Waals surface area (Å²) in [5.41, 5.74) is 0. The van der Waals surface area contributed by atoms with E-state index in [0.717, 1.165) is 25.4 Å². The Balaban J connectivity index is 2.10. The lowest BCUT2D eigenvalue weighted by atomic mass is 10.1. The van der Waals surface area contributed by atoms with Crippen LogP contribution in [0.2, 0.25) is 0 Å². The zero-order chi connectivity index (χ0) is 11.1. The molecule has 0 bridgehead atoms. The summed E-state index contributed by atoms with van der Waals surface area (Å²) in [6.07, 6.45) is 6.39. The van der Waals surface area contributed by atoms with Gasteiger partial charge in [-0.05, 0) is 38.6 Å². The molecule has 88 valence electrons. The van der Waals surface area contributed by atoms with E-state index < -0.39 is 0 Å². The molecule has 1 fully saturated rings. The van der Waals surface area contributed by atoms with Gasteiger partial charge >= 0.3 is 0 Å². The van der Waals surface area contributed by atoms with Gasteiger partial charge in [-0.2, -0.15) is 0 Å². The second kappa shape index (κ2) is 6.83. The monoisotopic (exact) mass is 212 g/mol. The number of carbonyl (C=O) groups excluding carboxylic acids is 1. The Morgan fingerprint density at radius 1 is 1.40 bits per heavy atom. The molecule has 1 atom stereocenters. The molecule has 1 rings (SSSR count). The summed E-state index contributed by atoms with van der Waals surface area (Å²) in [5.74, 6) is 0.932. The maximum Gasteiger partial charge on any atom is 0.236 e. The van der Waals surface area contributed by atoms with E-state index in [9.17, 15) is 4.79 Å². The topological polar surface area (TPSA) is 41.1 Å². The summed E-state index contributed by atoms with van der Waals surface area (Å²) in [4.78, 5) is 11.5. The van der Waals surface area contributed by atoms with Crippen molar-refractivity contribution in [2.75, 3.05) is 13.1 Å². The average Bonchev–Trinajstić information content (AvgIpc) is 2.75. The van der Waals surface area contributed by atoms with Crippen LogP contribution < -0.4 is 10.6 Å². The molecule has 0 aliphatic heterocycles. The number of carbonyl (C=O) groups is 1. The average molecular weight is 212 g/mol. The van der Waals surface area contributed by atoms with Gasteiger partial charge in [-0.25, -0.2) is 0 Å². The maximum absolute atomic E-state index is 11.5. The van der Waals surface area contributed by atoms with Crippen molar-refractivity contribution in [1.29, 1.82) is 0 Å². The van der Waals surface area contributed by atoms with E-state index in [1.807, 2.05) is 6.92 Å². The van der Waals surface area contributed by atoms with Gasteiger partial charge in [-0.15, -0.1) is 0 Å². The van der Waals surface area contributed by atoms with Crippen molar-refractivity contribution < 1.29 is 4.79 Å². The van der Waals surface area contributed by atoms with Gasteiger partial charge in [-0.3, -0.25) is 4.79 Å².